The summed E-state index contributed by atoms with van der Waals surface area (Å²) in [5.74, 6) is 0. The third kappa shape index (κ3) is 1.74. The monoisotopic (exact) mass is 270 g/mol. The number of hydrogen-bond acceptors (Lipinski definition) is 6. The number of aliphatic hydroxyl groups excluding tert-OH is 2. The number of nitrogens with zero attached hydrogens (tertiary/aromatic N) is 3. The lowest BCUT2D eigenvalue weighted by atomic mass is 10.1. The van der Waals surface area contributed by atoms with Crippen LogP contribution >= 0.6 is 0 Å². The summed E-state index contributed by atoms with van der Waals surface area (Å²) >= 11 is 0. The van der Waals surface area contributed by atoms with Crippen molar-refractivity contribution >= 4 is 11.2 Å². The molecule has 1 saturated heterocycles. The smallest absolute Gasteiger partial charge is 0.278 e. The second kappa shape index (κ2) is 4.37. The Hall–Kier alpha value is -1.84. The molecule has 1 fully saturated rings. The Balaban J connectivity index is 2.06. The van der Waals surface area contributed by atoms with Crippen LogP contribution in [-0.4, -0.2) is 54.7 Å². The number of imidazole rings is 1. The van der Waals surface area contributed by atoms with E-state index in [0.717, 1.165) is 0 Å². The largest absolute Gasteiger partial charge is 0.394 e. The summed E-state index contributed by atoms with van der Waals surface area (Å²) in [6.45, 7) is -0.546. The molecule has 2 aromatic heterocycles. The van der Waals surface area contributed by atoms with Crippen LogP contribution in [0.1, 0.15) is 6.23 Å². The standard InChI is InChI=1S/C10H11FN4O4/c11-5-4(1-16)19-10(7(5)17)15-3-14-6-8(15)12-2-13-9(6)18/h2-5,7,10,16-17H,1H2,(H,12,13,18)/t4-,5-,7+,10-/m1/s1. The highest BCUT2D eigenvalue weighted by atomic mass is 19.1. The van der Waals surface area contributed by atoms with Gasteiger partial charge in [0.15, 0.2) is 23.6 Å². The summed E-state index contributed by atoms with van der Waals surface area (Å²) in [6.07, 6.45) is -2.94. The van der Waals surface area contributed by atoms with Crippen LogP contribution in [0.25, 0.3) is 11.2 Å². The normalized spacial score (nSPS) is 31.1. The van der Waals surface area contributed by atoms with Gasteiger partial charge in [-0.25, -0.2) is 14.4 Å². The maximum atomic E-state index is 13.6. The van der Waals surface area contributed by atoms with Gasteiger partial charge in [-0.15, -0.1) is 0 Å². The lowest BCUT2D eigenvalue weighted by Gasteiger charge is -2.15. The highest BCUT2D eigenvalue weighted by Gasteiger charge is 2.45. The number of H-pyrrole nitrogens is 1. The number of aromatic nitrogens is 4. The molecular formula is C10H11FN4O4. The first-order valence-corrected chi connectivity index (χ1v) is 5.62. The molecule has 0 unspecified atom stereocenters. The van der Waals surface area contributed by atoms with E-state index in [4.69, 9.17) is 9.84 Å². The van der Waals surface area contributed by atoms with E-state index in [0.29, 0.717) is 0 Å². The van der Waals surface area contributed by atoms with Gasteiger partial charge in [-0.2, -0.15) is 0 Å². The number of rotatable bonds is 2. The zero-order valence-corrected chi connectivity index (χ0v) is 9.60. The zero-order valence-electron chi connectivity index (χ0n) is 9.60. The van der Waals surface area contributed by atoms with Crippen LogP contribution in [0.2, 0.25) is 0 Å². The van der Waals surface area contributed by atoms with Crippen molar-refractivity contribution < 1.29 is 19.3 Å². The molecule has 0 spiro atoms. The second-order valence-corrected chi connectivity index (χ2v) is 4.24. The van der Waals surface area contributed by atoms with Crippen molar-refractivity contribution in [1.82, 2.24) is 19.5 Å². The highest BCUT2D eigenvalue weighted by molar-refractivity contribution is 5.68. The highest BCUT2D eigenvalue weighted by Crippen LogP contribution is 2.32. The topological polar surface area (TPSA) is 113 Å². The molecule has 0 aliphatic carbocycles. The average molecular weight is 270 g/mol. The van der Waals surface area contributed by atoms with Gasteiger partial charge in [0.25, 0.3) is 5.56 Å². The molecule has 3 rings (SSSR count). The first-order chi connectivity index (χ1) is 9.13. The van der Waals surface area contributed by atoms with Gasteiger partial charge in [0.2, 0.25) is 0 Å². The van der Waals surface area contributed by atoms with Crippen molar-refractivity contribution in [2.24, 2.45) is 0 Å². The Labute approximate surface area is 105 Å². The van der Waals surface area contributed by atoms with Gasteiger partial charge in [0, 0.05) is 0 Å². The van der Waals surface area contributed by atoms with Gasteiger partial charge >= 0.3 is 0 Å². The average Bonchev–Trinajstić information content (AvgIpc) is 2.94. The molecule has 4 atom stereocenters. The fourth-order valence-electron chi connectivity index (χ4n) is 2.13. The molecule has 3 N–H and O–H groups in total. The predicted molar refractivity (Wildman–Crippen MR) is 60.0 cm³/mol. The number of aromatic amines is 1. The van der Waals surface area contributed by atoms with Crippen molar-refractivity contribution in [3.8, 4) is 0 Å². The van der Waals surface area contributed by atoms with Gasteiger partial charge in [-0.1, -0.05) is 0 Å². The van der Waals surface area contributed by atoms with E-state index in [1.165, 1.54) is 17.2 Å². The van der Waals surface area contributed by atoms with E-state index in [9.17, 15) is 14.3 Å². The van der Waals surface area contributed by atoms with Crippen LogP contribution < -0.4 is 5.56 Å². The van der Waals surface area contributed by atoms with Crippen LogP contribution in [-0.2, 0) is 4.74 Å². The SMILES string of the molecule is O=c1[nH]cnc2c1ncn2[C@@H]1O[C@H](CO)[C@@H](F)[C@@H]1O. The van der Waals surface area contributed by atoms with Gasteiger partial charge in [-0.3, -0.25) is 9.36 Å². The number of halogens is 1. The second-order valence-electron chi connectivity index (χ2n) is 4.24. The third-order valence-corrected chi connectivity index (χ3v) is 3.11. The van der Waals surface area contributed by atoms with E-state index < -0.39 is 36.8 Å². The molecule has 0 amide bonds. The van der Waals surface area contributed by atoms with Crippen molar-refractivity contribution in [2.75, 3.05) is 6.61 Å². The minimum atomic E-state index is -1.71. The Bertz CT molecular complexity index is 656. The van der Waals surface area contributed by atoms with Crippen molar-refractivity contribution in [3.05, 3.63) is 23.0 Å². The lowest BCUT2D eigenvalue weighted by Crippen LogP contribution is -2.29. The molecule has 2 aromatic rings. The minimum Gasteiger partial charge on any atom is -0.394 e. The first kappa shape index (κ1) is 12.2. The number of alkyl halides is 1. The van der Waals surface area contributed by atoms with Gasteiger partial charge in [0.05, 0.1) is 19.3 Å². The summed E-state index contributed by atoms with van der Waals surface area (Å²) < 4.78 is 20.1. The molecule has 19 heavy (non-hydrogen) atoms. The van der Waals surface area contributed by atoms with E-state index in [1.807, 2.05) is 0 Å². The number of hydrogen-bond donors (Lipinski definition) is 3. The number of aliphatic hydroxyl groups is 2. The molecule has 102 valence electrons. The fourth-order valence-corrected chi connectivity index (χ4v) is 2.13. The molecule has 1 aliphatic heterocycles. The summed E-state index contributed by atoms with van der Waals surface area (Å²) in [6, 6.07) is 0. The molecular weight excluding hydrogens is 259 g/mol. The predicted octanol–water partition coefficient (Wildman–Crippen LogP) is -1.29. The minimum absolute atomic E-state index is 0.0705. The van der Waals surface area contributed by atoms with E-state index >= 15 is 0 Å². The summed E-state index contributed by atoms with van der Waals surface area (Å²) in [4.78, 5) is 21.6. The van der Waals surface area contributed by atoms with Crippen molar-refractivity contribution in [2.45, 2.75) is 24.6 Å². The Morgan fingerprint density at radius 3 is 3.00 bits per heavy atom. The third-order valence-electron chi connectivity index (χ3n) is 3.11. The van der Waals surface area contributed by atoms with Gasteiger partial charge in [0.1, 0.15) is 12.2 Å². The van der Waals surface area contributed by atoms with Crippen LogP contribution in [0, 0.1) is 0 Å². The zero-order chi connectivity index (χ0) is 13.6. The molecule has 0 aromatic carbocycles. The molecule has 0 bridgehead atoms. The number of ether oxygens (including phenoxy) is 1. The van der Waals surface area contributed by atoms with E-state index in [-0.39, 0.29) is 11.2 Å². The van der Waals surface area contributed by atoms with Crippen molar-refractivity contribution in [1.29, 1.82) is 0 Å². The van der Waals surface area contributed by atoms with Crippen molar-refractivity contribution in [3.63, 3.8) is 0 Å². The molecule has 0 saturated carbocycles. The Morgan fingerprint density at radius 2 is 2.32 bits per heavy atom. The number of fused-ring (bicyclic) bond motifs is 1. The Morgan fingerprint density at radius 1 is 1.53 bits per heavy atom. The van der Waals surface area contributed by atoms with E-state index in [2.05, 4.69) is 15.0 Å². The van der Waals surface area contributed by atoms with Crippen LogP contribution in [0.5, 0.6) is 0 Å². The Kier molecular flexibility index (Phi) is 2.81. The van der Waals surface area contributed by atoms with E-state index in [1.54, 1.807) is 0 Å². The summed E-state index contributed by atoms with van der Waals surface area (Å²) in [5, 5.41) is 18.7. The maximum absolute atomic E-state index is 13.6. The van der Waals surface area contributed by atoms with Gasteiger partial charge in [-0.05, 0) is 0 Å². The summed E-state index contributed by atoms with van der Waals surface area (Å²) in [5.41, 5.74) is -0.188. The molecule has 0 radical (unpaired) electrons. The first-order valence-electron chi connectivity index (χ1n) is 5.62. The van der Waals surface area contributed by atoms with Crippen LogP contribution in [0.4, 0.5) is 4.39 Å². The van der Waals surface area contributed by atoms with Crippen LogP contribution in [0.15, 0.2) is 17.4 Å². The maximum Gasteiger partial charge on any atom is 0.278 e. The molecule has 1 aliphatic rings. The fraction of sp³-hybridized carbons (Fsp3) is 0.500. The van der Waals surface area contributed by atoms with Crippen LogP contribution in [0.3, 0.4) is 0 Å². The molecule has 3 heterocycles. The molecule has 8 nitrogen and oxygen atoms in total. The number of nitrogens with one attached hydrogen (secondary N) is 1. The lowest BCUT2D eigenvalue weighted by molar-refractivity contribution is -0.0495. The quantitative estimate of drug-likeness (QED) is 0.625. The summed E-state index contributed by atoms with van der Waals surface area (Å²) in [7, 11) is 0. The molecule has 9 heteroatoms. The van der Waals surface area contributed by atoms with Gasteiger partial charge < -0.3 is 19.9 Å².